The van der Waals surface area contributed by atoms with Gasteiger partial charge in [-0.15, -0.1) is 11.3 Å². The molecule has 0 radical (unpaired) electrons. The van der Waals surface area contributed by atoms with E-state index < -0.39 is 5.82 Å². The molecule has 2 fully saturated rings. The lowest BCUT2D eigenvalue weighted by molar-refractivity contribution is 0.0586. The van der Waals surface area contributed by atoms with Crippen LogP contribution in [0.15, 0.2) is 61.1 Å². The topological polar surface area (TPSA) is 94.0 Å². The van der Waals surface area contributed by atoms with Crippen molar-refractivity contribution in [1.29, 1.82) is 0 Å². The fourth-order valence-electron chi connectivity index (χ4n) is 5.98. The first kappa shape index (κ1) is 27.8. The lowest BCUT2D eigenvalue weighted by Crippen LogP contribution is -2.52. The Morgan fingerprint density at radius 1 is 1.00 bits per heavy atom. The quantitative estimate of drug-likeness (QED) is 0.241. The number of likely N-dealkylation sites (N-methyl/N-ethyl adjacent to an activating group) is 1. The number of hydrogen-bond acceptors (Lipinski definition) is 9. The molecule has 2 aliphatic rings. The first-order valence-electron chi connectivity index (χ1n) is 14.6. The number of rotatable bonds is 8. The number of ether oxygens (including phenoxy) is 2. The average Bonchev–Trinajstić information content (AvgIpc) is 3.57. The number of imidazole rings is 1. The van der Waals surface area contributed by atoms with Gasteiger partial charge in [0.25, 0.3) is 0 Å². The number of nitrogens with two attached hydrogens (primary N) is 1. The van der Waals surface area contributed by atoms with Gasteiger partial charge in [0.05, 0.1) is 9.88 Å². The standard InChI is InChI=1S/C32H34FN7O2S/c1-20-36-18-28(43-20)19-41-26-15-23(33)16-27(17-26)42-25-5-3-21(4-6-25)29-30-31(34)35-7-8-40(30)32(37-29)22-13-24(14-22)39-11-9-38(2)10-12-39/h3-8,15-18,22,24H,9-14,19H2,1-2H3,(H2,34,35). The number of thiazole rings is 1. The van der Waals surface area contributed by atoms with Gasteiger partial charge in [0.1, 0.15) is 52.5 Å². The molecule has 43 heavy (non-hydrogen) atoms. The summed E-state index contributed by atoms with van der Waals surface area (Å²) in [6.07, 6.45) is 7.66. The van der Waals surface area contributed by atoms with Crippen molar-refractivity contribution < 1.29 is 13.9 Å². The first-order chi connectivity index (χ1) is 20.9. The van der Waals surface area contributed by atoms with Gasteiger partial charge in [-0.1, -0.05) is 0 Å². The minimum Gasteiger partial charge on any atom is -0.488 e. The maximum atomic E-state index is 14.4. The summed E-state index contributed by atoms with van der Waals surface area (Å²) in [5.41, 5.74) is 8.92. The maximum absolute atomic E-state index is 14.4. The lowest BCUT2D eigenvalue weighted by atomic mass is 9.78. The summed E-state index contributed by atoms with van der Waals surface area (Å²) in [5.74, 6) is 2.74. The Kier molecular flexibility index (Phi) is 7.46. The monoisotopic (exact) mass is 599 g/mol. The molecule has 0 spiro atoms. The highest BCUT2D eigenvalue weighted by atomic mass is 32.1. The highest BCUT2D eigenvalue weighted by molar-refractivity contribution is 7.11. The van der Waals surface area contributed by atoms with E-state index in [-0.39, 0.29) is 0 Å². The zero-order chi connectivity index (χ0) is 29.5. The molecule has 5 aromatic rings. The maximum Gasteiger partial charge on any atom is 0.150 e. The van der Waals surface area contributed by atoms with Crippen LogP contribution in [0.25, 0.3) is 16.8 Å². The van der Waals surface area contributed by atoms with Crippen LogP contribution in [0.4, 0.5) is 10.2 Å². The minimum atomic E-state index is -0.435. The van der Waals surface area contributed by atoms with Crippen molar-refractivity contribution in [3.05, 3.63) is 82.6 Å². The van der Waals surface area contributed by atoms with Crippen molar-refractivity contribution in [2.75, 3.05) is 39.0 Å². The van der Waals surface area contributed by atoms with Crippen LogP contribution in [0.5, 0.6) is 17.2 Å². The lowest BCUT2D eigenvalue weighted by Gasteiger charge is -2.45. The smallest absolute Gasteiger partial charge is 0.150 e. The van der Waals surface area contributed by atoms with E-state index in [4.69, 9.17) is 20.2 Å². The SMILES string of the molecule is Cc1ncc(COc2cc(F)cc(Oc3ccc(-c4nc(C5CC(N6CCN(C)CC6)C5)n5ccnc(N)c45)cc3)c2)s1. The Hall–Kier alpha value is -4.06. The van der Waals surface area contributed by atoms with Crippen LogP contribution < -0.4 is 15.2 Å². The normalized spacial score (nSPS) is 19.4. The number of aryl methyl sites for hydroxylation is 1. The summed E-state index contributed by atoms with van der Waals surface area (Å²) in [6.45, 7) is 6.76. The molecule has 1 saturated carbocycles. The van der Waals surface area contributed by atoms with Crippen molar-refractivity contribution in [2.24, 2.45) is 0 Å². The summed E-state index contributed by atoms with van der Waals surface area (Å²) in [4.78, 5) is 19.7. The molecule has 0 amide bonds. The fourth-order valence-corrected chi connectivity index (χ4v) is 6.69. The van der Waals surface area contributed by atoms with Gasteiger partial charge in [0, 0.05) is 80.5 Å². The third-order valence-electron chi connectivity index (χ3n) is 8.40. The van der Waals surface area contributed by atoms with Crippen molar-refractivity contribution in [1.82, 2.24) is 29.2 Å². The number of aromatic nitrogens is 4. The summed E-state index contributed by atoms with van der Waals surface area (Å²) in [7, 11) is 2.19. The second-order valence-corrected chi connectivity index (χ2v) is 12.7. The van der Waals surface area contributed by atoms with Crippen molar-refractivity contribution in [3.63, 3.8) is 0 Å². The number of nitrogens with zero attached hydrogens (tertiary/aromatic N) is 6. The van der Waals surface area contributed by atoms with Crippen LogP contribution in [0.1, 0.15) is 34.5 Å². The molecule has 1 aliphatic heterocycles. The largest absolute Gasteiger partial charge is 0.488 e. The molecule has 9 nitrogen and oxygen atoms in total. The van der Waals surface area contributed by atoms with E-state index in [9.17, 15) is 4.39 Å². The van der Waals surface area contributed by atoms with E-state index in [0.717, 1.165) is 71.5 Å². The molecule has 1 saturated heterocycles. The molecule has 222 valence electrons. The minimum absolute atomic E-state index is 0.319. The summed E-state index contributed by atoms with van der Waals surface area (Å²) >= 11 is 1.55. The van der Waals surface area contributed by atoms with Crippen LogP contribution in [0.2, 0.25) is 0 Å². The first-order valence-corrected chi connectivity index (χ1v) is 15.4. The highest BCUT2D eigenvalue weighted by Crippen LogP contribution is 2.42. The summed E-state index contributed by atoms with van der Waals surface area (Å²) in [6, 6.07) is 12.6. The molecule has 0 bridgehead atoms. The molecule has 7 rings (SSSR count). The van der Waals surface area contributed by atoms with Gasteiger partial charge in [-0.3, -0.25) is 9.30 Å². The Balaban J connectivity index is 1.07. The number of fused-ring (bicyclic) bond motifs is 1. The number of halogens is 1. The Labute approximate surface area is 253 Å². The van der Waals surface area contributed by atoms with E-state index >= 15 is 0 Å². The Morgan fingerprint density at radius 2 is 1.77 bits per heavy atom. The van der Waals surface area contributed by atoms with E-state index in [1.807, 2.05) is 37.4 Å². The predicted molar refractivity (Wildman–Crippen MR) is 165 cm³/mol. The van der Waals surface area contributed by atoms with Gasteiger partial charge in [0.2, 0.25) is 0 Å². The number of benzene rings is 2. The highest BCUT2D eigenvalue weighted by Gasteiger charge is 2.38. The molecule has 0 atom stereocenters. The van der Waals surface area contributed by atoms with Crippen molar-refractivity contribution in [3.8, 4) is 28.5 Å². The van der Waals surface area contributed by atoms with Gasteiger partial charge in [-0.25, -0.2) is 19.3 Å². The Morgan fingerprint density at radius 3 is 2.51 bits per heavy atom. The van der Waals surface area contributed by atoms with E-state index in [2.05, 4.69) is 31.2 Å². The third kappa shape index (κ3) is 5.80. The molecule has 1 aliphatic carbocycles. The summed E-state index contributed by atoms with van der Waals surface area (Å²) in [5, 5.41) is 0.960. The van der Waals surface area contributed by atoms with E-state index in [1.165, 1.54) is 12.1 Å². The number of piperazine rings is 1. The zero-order valence-corrected chi connectivity index (χ0v) is 25.1. The predicted octanol–water partition coefficient (Wildman–Crippen LogP) is 5.75. The van der Waals surface area contributed by atoms with E-state index in [1.54, 1.807) is 29.8 Å². The third-order valence-corrected chi connectivity index (χ3v) is 9.29. The molecule has 4 heterocycles. The number of hydrogen-bond donors (Lipinski definition) is 1. The number of nitrogen functional groups attached to an aromatic ring is 1. The Bertz CT molecular complexity index is 1740. The van der Waals surface area contributed by atoms with Crippen LogP contribution in [0.3, 0.4) is 0 Å². The molecule has 2 N–H and O–H groups in total. The molecule has 0 unspecified atom stereocenters. The van der Waals surface area contributed by atoms with E-state index in [0.29, 0.717) is 41.6 Å². The van der Waals surface area contributed by atoms with Crippen LogP contribution in [-0.2, 0) is 6.61 Å². The molecule has 3 aromatic heterocycles. The second-order valence-electron chi connectivity index (χ2n) is 11.4. The molecule has 2 aromatic carbocycles. The van der Waals surface area contributed by atoms with Crippen LogP contribution >= 0.6 is 11.3 Å². The average molecular weight is 600 g/mol. The summed E-state index contributed by atoms with van der Waals surface area (Å²) < 4.78 is 28.3. The fraction of sp³-hybridized carbons (Fsp3) is 0.344. The van der Waals surface area contributed by atoms with Gasteiger partial charge in [-0.2, -0.15) is 0 Å². The van der Waals surface area contributed by atoms with Crippen LogP contribution in [-0.4, -0.2) is 68.4 Å². The molecule has 11 heteroatoms. The number of anilines is 1. The zero-order valence-electron chi connectivity index (χ0n) is 24.2. The molecular weight excluding hydrogens is 565 g/mol. The van der Waals surface area contributed by atoms with Gasteiger partial charge >= 0.3 is 0 Å². The van der Waals surface area contributed by atoms with Crippen molar-refractivity contribution in [2.45, 2.75) is 38.3 Å². The van der Waals surface area contributed by atoms with Gasteiger partial charge in [0.15, 0.2) is 0 Å². The molecular formula is C32H34FN7O2S. The van der Waals surface area contributed by atoms with Gasteiger partial charge < -0.3 is 20.1 Å². The van der Waals surface area contributed by atoms with Crippen LogP contribution in [0, 0.1) is 12.7 Å². The van der Waals surface area contributed by atoms with Crippen molar-refractivity contribution >= 4 is 22.7 Å². The second kappa shape index (κ2) is 11.6. The van der Waals surface area contributed by atoms with Gasteiger partial charge in [-0.05, 0) is 51.1 Å².